The van der Waals surface area contributed by atoms with E-state index in [-0.39, 0.29) is 24.0 Å². The third kappa shape index (κ3) is 7.72. The molecule has 2 aliphatic heterocycles. The Morgan fingerprint density at radius 2 is 1.72 bits per heavy atom. The molecule has 0 aliphatic carbocycles. The van der Waals surface area contributed by atoms with Crippen LogP contribution in [0.15, 0.2) is 29.3 Å². The van der Waals surface area contributed by atoms with E-state index in [1.54, 1.807) is 0 Å². The molecule has 0 saturated carbocycles. The number of likely N-dealkylation sites (N-methyl/N-ethyl adjacent to an activating group) is 1. The highest BCUT2D eigenvalue weighted by molar-refractivity contribution is 14.0. The fraction of sp³-hybridized carbons (Fsp3) is 0.696. The van der Waals surface area contributed by atoms with Gasteiger partial charge in [0.25, 0.3) is 0 Å². The average Bonchev–Trinajstić information content (AvgIpc) is 3.18. The molecule has 3 rings (SSSR count). The maximum Gasteiger partial charge on any atom is 0.191 e. The minimum absolute atomic E-state index is 0. The summed E-state index contributed by atoms with van der Waals surface area (Å²) in [5, 5.41) is 7.12. The topological polar surface area (TPSA) is 42.9 Å². The van der Waals surface area contributed by atoms with Gasteiger partial charge >= 0.3 is 0 Å². The number of aryl methyl sites for hydroxylation is 1. The van der Waals surface area contributed by atoms with Crippen molar-refractivity contribution in [1.82, 2.24) is 20.4 Å². The van der Waals surface area contributed by atoms with Gasteiger partial charge in [0.1, 0.15) is 0 Å². The van der Waals surface area contributed by atoms with E-state index in [9.17, 15) is 0 Å². The molecule has 1 aromatic carbocycles. The fourth-order valence-electron chi connectivity index (χ4n) is 4.52. The van der Waals surface area contributed by atoms with E-state index in [1.165, 1.54) is 56.4 Å². The lowest BCUT2D eigenvalue weighted by molar-refractivity contribution is 0.178. The second-order valence-electron chi connectivity index (χ2n) is 8.46. The molecule has 2 aliphatic rings. The summed E-state index contributed by atoms with van der Waals surface area (Å²) in [5.74, 6) is 1.71. The van der Waals surface area contributed by atoms with Crippen LogP contribution in [0.4, 0.5) is 0 Å². The van der Waals surface area contributed by atoms with Crippen LogP contribution in [0, 0.1) is 12.8 Å². The van der Waals surface area contributed by atoms with Crippen LogP contribution < -0.4 is 10.6 Å². The monoisotopic (exact) mass is 513 g/mol. The lowest BCUT2D eigenvalue weighted by atomic mass is 9.96. The minimum atomic E-state index is 0. The summed E-state index contributed by atoms with van der Waals surface area (Å²) in [6.45, 7) is 12.3. The summed E-state index contributed by atoms with van der Waals surface area (Å²) in [6, 6.07) is 9.63. The Balaban J connectivity index is 0.00000300. The van der Waals surface area contributed by atoms with Gasteiger partial charge in [-0.3, -0.25) is 14.8 Å². The van der Waals surface area contributed by atoms with Crippen molar-refractivity contribution in [3.63, 3.8) is 0 Å². The van der Waals surface area contributed by atoms with E-state index >= 15 is 0 Å². The second-order valence-corrected chi connectivity index (χ2v) is 8.46. The minimum Gasteiger partial charge on any atom is -0.356 e. The Hall–Kier alpha value is -0.860. The van der Waals surface area contributed by atoms with Crippen molar-refractivity contribution in [2.24, 2.45) is 10.9 Å². The van der Waals surface area contributed by atoms with Crippen molar-refractivity contribution >= 4 is 29.9 Å². The summed E-state index contributed by atoms with van der Waals surface area (Å²) in [7, 11) is 1.88. The van der Waals surface area contributed by atoms with E-state index in [0.29, 0.717) is 6.04 Å². The first-order chi connectivity index (χ1) is 13.7. The molecule has 0 aromatic heterocycles. The zero-order valence-electron chi connectivity index (χ0n) is 18.5. The Labute approximate surface area is 194 Å². The molecule has 0 spiro atoms. The fourth-order valence-corrected chi connectivity index (χ4v) is 4.52. The van der Waals surface area contributed by atoms with Crippen LogP contribution in [0.1, 0.15) is 43.7 Å². The molecule has 29 heavy (non-hydrogen) atoms. The second kappa shape index (κ2) is 12.7. The average molecular weight is 514 g/mol. The molecular weight excluding hydrogens is 473 g/mol. The van der Waals surface area contributed by atoms with Gasteiger partial charge in [-0.1, -0.05) is 36.8 Å². The summed E-state index contributed by atoms with van der Waals surface area (Å²) in [6.07, 6.45) is 5.16. The molecule has 6 heteroatoms. The largest absolute Gasteiger partial charge is 0.356 e. The molecule has 0 bridgehead atoms. The Kier molecular flexibility index (Phi) is 10.7. The Bertz CT molecular complexity index is 610. The third-order valence-corrected chi connectivity index (χ3v) is 6.43. The maximum absolute atomic E-state index is 4.43. The molecule has 1 atom stereocenters. The SMILES string of the molecule is CCN1CCCC1CNC(=NC)NCC1CCN(Cc2ccc(C)cc2)CC1.I. The first kappa shape index (κ1) is 24.4. The molecule has 2 saturated heterocycles. The standard InChI is InChI=1S/C23H39N5.HI/c1-4-28-13-5-6-22(28)17-26-23(24-3)25-16-20-11-14-27(15-12-20)18-21-9-7-19(2)8-10-21;/h7-10,20,22H,4-6,11-18H2,1-3H3,(H2,24,25,26);1H. The van der Waals surface area contributed by atoms with Crippen molar-refractivity contribution in [3.05, 3.63) is 35.4 Å². The smallest absolute Gasteiger partial charge is 0.191 e. The van der Waals surface area contributed by atoms with Crippen LogP contribution in [0.2, 0.25) is 0 Å². The van der Waals surface area contributed by atoms with E-state index in [1.807, 2.05) is 7.05 Å². The molecule has 0 radical (unpaired) electrons. The van der Waals surface area contributed by atoms with Gasteiger partial charge < -0.3 is 10.6 Å². The van der Waals surface area contributed by atoms with E-state index in [0.717, 1.165) is 38.1 Å². The van der Waals surface area contributed by atoms with E-state index < -0.39 is 0 Å². The molecule has 2 N–H and O–H groups in total. The third-order valence-electron chi connectivity index (χ3n) is 6.43. The first-order valence-electron chi connectivity index (χ1n) is 11.1. The van der Waals surface area contributed by atoms with Gasteiger partial charge in [0, 0.05) is 32.7 Å². The number of piperidine rings is 1. The van der Waals surface area contributed by atoms with Crippen LogP contribution in [0.3, 0.4) is 0 Å². The van der Waals surface area contributed by atoms with Crippen LogP contribution >= 0.6 is 24.0 Å². The number of likely N-dealkylation sites (tertiary alicyclic amines) is 2. The molecule has 5 nitrogen and oxygen atoms in total. The number of rotatable bonds is 7. The number of hydrogen-bond donors (Lipinski definition) is 2. The van der Waals surface area contributed by atoms with Crippen molar-refractivity contribution < 1.29 is 0 Å². The lowest BCUT2D eigenvalue weighted by Crippen LogP contribution is -2.46. The predicted molar refractivity (Wildman–Crippen MR) is 134 cm³/mol. The first-order valence-corrected chi connectivity index (χ1v) is 11.1. The number of nitrogens with one attached hydrogen (secondary N) is 2. The molecule has 2 fully saturated rings. The normalized spacial score (nSPS) is 21.8. The highest BCUT2D eigenvalue weighted by Crippen LogP contribution is 2.19. The molecule has 0 amide bonds. The van der Waals surface area contributed by atoms with Gasteiger partial charge in [-0.2, -0.15) is 0 Å². The van der Waals surface area contributed by atoms with Crippen LogP contribution in [0.5, 0.6) is 0 Å². The summed E-state index contributed by atoms with van der Waals surface area (Å²) < 4.78 is 0. The molecule has 1 aromatic rings. The molecule has 1 unspecified atom stereocenters. The van der Waals surface area contributed by atoms with Crippen LogP contribution in [-0.4, -0.2) is 68.1 Å². The number of hydrogen-bond acceptors (Lipinski definition) is 3. The van der Waals surface area contributed by atoms with Crippen LogP contribution in [0.25, 0.3) is 0 Å². The summed E-state index contributed by atoms with van der Waals surface area (Å²) in [4.78, 5) is 9.59. The van der Waals surface area contributed by atoms with Crippen molar-refractivity contribution in [3.8, 4) is 0 Å². The zero-order valence-corrected chi connectivity index (χ0v) is 20.8. The van der Waals surface area contributed by atoms with Crippen molar-refractivity contribution in [1.29, 1.82) is 0 Å². The Morgan fingerprint density at radius 1 is 1.03 bits per heavy atom. The zero-order chi connectivity index (χ0) is 19.8. The lowest BCUT2D eigenvalue weighted by Gasteiger charge is -2.32. The summed E-state index contributed by atoms with van der Waals surface area (Å²) in [5.41, 5.74) is 2.77. The van der Waals surface area contributed by atoms with Gasteiger partial charge in [0.15, 0.2) is 5.96 Å². The van der Waals surface area contributed by atoms with Crippen molar-refractivity contribution in [2.45, 2.75) is 52.1 Å². The number of benzene rings is 1. The maximum atomic E-state index is 4.43. The highest BCUT2D eigenvalue weighted by atomic mass is 127. The number of aliphatic imine (C=N–C) groups is 1. The summed E-state index contributed by atoms with van der Waals surface area (Å²) >= 11 is 0. The molecule has 164 valence electrons. The number of guanidine groups is 1. The van der Waals surface area contributed by atoms with E-state index in [2.05, 4.69) is 63.5 Å². The Morgan fingerprint density at radius 3 is 2.38 bits per heavy atom. The predicted octanol–water partition coefficient (Wildman–Crippen LogP) is 3.47. The molecular formula is C23H40IN5. The quantitative estimate of drug-likeness (QED) is 0.333. The van der Waals surface area contributed by atoms with Gasteiger partial charge in [-0.25, -0.2) is 0 Å². The number of nitrogens with zero attached hydrogens (tertiary/aromatic N) is 3. The van der Waals surface area contributed by atoms with Gasteiger partial charge in [-0.05, 0) is 70.3 Å². The van der Waals surface area contributed by atoms with Gasteiger partial charge in [0.2, 0.25) is 0 Å². The molecule has 2 heterocycles. The number of halogens is 1. The van der Waals surface area contributed by atoms with E-state index in [4.69, 9.17) is 0 Å². The van der Waals surface area contributed by atoms with Crippen molar-refractivity contribution in [2.75, 3.05) is 46.3 Å². The van der Waals surface area contributed by atoms with Gasteiger partial charge in [0.05, 0.1) is 0 Å². The highest BCUT2D eigenvalue weighted by Gasteiger charge is 2.23. The van der Waals surface area contributed by atoms with Gasteiger partial charge in [-0.15, -0.1) is 24.0 Å². The van der Waals surface area contributed by atoms with Crippen LogP contribution in [-0.2, 0) is 6.54 Å².